The minimum absolute atomic E-state index is 0.0100. The van der Waals surface area contributed by atoms with Crippen LogP contribution in [0.2, 0.25) is 0 Å². The van der Waals surface area contributed by atoms with Gasteiger partial charge in [0.1, 0.15) is 0 Å². The Balaban J connectivity index is 1.57. The normalized spacial score (nSPS) is 20.5. The Morgan fingerprint density at radius 1 is 1.20 bits per heavy atom. The van der Waals surface area contributed by atoms with E-state index >= 15 is 0 Å². The number of imide groups is 1. The standard InChI is InChI=1S/C17H19N3O4S/c1-2-19-9-12(7-14(19)21)16(23)18-13-5-3-11(4-6-13)8-20-15(22)10-25-17(20)24/h3-6,12H,2,7-10H2,1H3,(H,18,23). The molecule has 2 fully saturated rings. The Labute approximate surface area is 149 Å². The number of nitrogens with one attached hydrogen (secondary N) is 1. The first-order chi connectivity index (χ1) is 12.0. The molecule has 0 bridgehead atoms. The largest absolute Gasteiger partial charge is 0.342 e. The lowest BCUT2D eigenvalue weighted by atomic mass is 10.1. The van der Waals surface area contributed by atoms with Crippen molar-refractivity contribution in [2.24, 2.45) is 5.92 Å². The molecule has 0 spiro atoms. The molecule has 0 saturated carbocycles. The van der Waals surface area contributed by atoms with Crippen LogP contribution in [-0.4, -0.2) is 51.6 Å². The van der Waals surface area contributed by atoms with Crippen molar-refractivity contribution < 1.29 is 19.2 Å². The smallest absolute Gasteiger partial charge is 0.289 e. The summed E-state index contributed by atoms with van der Waals surface area (Å²) in [5.41, 5.74) is 1.44. The average Bonchev–Trinajstić information content (AvgIpc) is 3.13. The maximum absolute atomic E-state index is 12.3. The SMILES string of the molecule is CCN1CC(C(=O)Nc2ccc(CN3C(=O)CSC3=O)cc2)CC1=O. The quantitative estimate of drug-likeness (QED) is 0.862. The van der Waals surface area contributed by atoms with Crippen molar-refractivity contribution in [1.29, 1.82) is 0 Å². The highest BCUT2D eigenvalue weighted by Crippen LogP contribution is 2.23. The monoisotopic (exact) mass is 361 g/mol. The van der Waals surface area contributed by atoms with Crippen LogP contribution in [-0.2, 0) is 20.9 Å². The molecule has 8 heteroatoms. The first-order valence-electron chi connectivity index (χ1n) is 8.12. The molecule has 3 rings (SSSR count). The zero-order valence-corrected chi connectivity index (χ0v) is 14.7. The third kappa shape index (κ3) is 3.84. The molecule has 25 heavy (non-hydrogen) atoms. The summed E-state index contributed by atoms with van der Waals surface area (Å²) >= 11 is 1.01. The Kier molecular flexibility index (Phi) is 5.08. The predicted molar refractivity (Wildman–Crippen MR) is 93.8 cm³/mol. The van der Waals surface area contributed by atoms with Gasteiger partial charge in [-0.2, -0.15) is 0 Å². The van der Waals surface area contributed by atoms with Crippen LogP contribution in [0.3, 0.4) is 0 Å². The van der Waals surface area contributed by atoms with Crippen LogP contribution in [0.25, 0.3) is 0 Å². The van der Waals surface area contributed by atoms with Gasteiger partial charge in [0.05, 0.1) is 18.2 Å². The van der Waals surface area contributed by atoms with E-state index in [1.165, 1.54) is 4.90 Å². The van der Waals surface area contributed by atoms with Gasteiger partial charge in [0.25, 0.3) is 5.24 Å². The number of rotatable bonds is 5. The lowest BCUT2D eigenvalue weighted by Gasteiger charge is -2.15. The van der Waals surface area contributed by atoms with Crippen molar-refractivity contribution in [1.82, 2.24) is 9.80 Å². The predicted octanol–water partition coefficient (Wildman–Crippen LogP) is 1.69. The summed E-state index contributed by atoms with van der Waals surface area (Å²) in [6, 6.07) is 7.02. The lowest BCUT2D eigenvalue weighted by molar-refractivity contribution is -0.128. The van der Waals surface area contributed by atoms with E-state index in [1.807, 2.05) is 6.92 Å². The summed E-state index contributed by atoms with van der Waals surface area (Å²) in [4.78, 5) is 50.1. The van der Waals surface area contributed by atoms with Crippen LogP contribution in [0.1, 0.15) is 18.9 Å². The molecule has 0 radical (unpaired) electrons. The second kappa shape index (κ2) is 7.26. The average molecular weight is 361 g/mol. The molecule has 7 nitrogen and oxygen atoms in total. The van der Waals surface area contributed by atoms with Gasteiger partial charge in [-0.05, 0) is 24.6 Å². The highest BCUT2D eigenvalue weighted by molar-refractivity contribution is 8.14. The fourth-order valence-corrected chi connectivity index (χ4v) is 3.63. The minimum Gasteiger partial charge on any atom is -0.342 e. The molecule has 0 aliphatic carbocycles. The third-order valence-corrected chi connectivity index (χ3v) is 5.23. The molecule has 1 unspecified atom stereocenters. The maximum Gasteiger partial charge on any atom is 0.289 e. The fraction of sp³-hybridized carbons (Fsp3) is 0.412. The zero-order chi connectivity index (χ0) is 18.0. The van der Waals surface area contributed by atoms with E-state index < -0.39 is 0 Å². The Morgan fingerprint density at radius 2 is 1.92 bits per heavy atom. The van der Waals surface area contributed by atoms with Crippen molar-refractivity contribution in [3.05, 3.63) is 29.8 Å². The van der Waals surface area contributed by atoms with Crippen molar-refractivity contribution >= 4 is 40.4 Å². The summed E-state index contributed by atoms with van der Waals surface area (Å²) in [7, 11) is 0. The second-order valence-electron chi connectivity index (χ2n) is 6.05. The topological polar surface area (TPSA) is 86.8 Å². The van der Waals surface area contributed by atoms with Crippen molar-refractivity contribution in [2.75, 3.05) is 24.2 Å². The van der Waals surface area contributed by atoms with Crippen LogP contribution in [0.15, 0.2) is 24.3 Å². The fourth-order valence-electron chi connectivity index (χ4n) is 2.91. The van der Waals surface area contributed by atoms with Gasteiger partial charge < -0.3 is 10.2 Å². The molecule has 132 valence electrons. The number of carbonyl (C=O) groups excluding carboxylic acids is 4. The van der Waals surface area contributed by atoms with Crippen molar-refractivity contribution in [3.63, 3.8) is 0 Å². The van der Waals surface area contributed by atoms with Crippen molar-refractivity contribution in [2.45, 2.75) is 19.9 Å². The lowest BCUT2D eigenvalue weighted by Crippen LogP contribution is -2.28. The zero-order valence-electron chi connectivity index (χ0n) is 13.9. The molecule has 2 aliphatic heterocycles. The number of thioether (sulfide) groups is 1. The number of anilines is 1. The van der Waals surface area contributed by atoms with Gasteiger partial charge >= 0.3 is 0 Å². The Bertz CT molecular complexity index is 703. The molecule has 2 aliphatic rings. The van der Waals surface area contributed by atoms with Crippen LogP contribution >= 0.6 is 11.8 Å². The first kappa shape index (κ1) is 17.5. The highest BCUT2D eigenvalue weighted by atomic mass is 32.2. The number of hydrogen-bond acceptors (Lipinski definition) is 5. The molecular weight excluding hydrogens is 342 g/mol. The van der Waals surface area contributed by atoms with Gasteiger partial charge in [0.15, 0.2) is 0 Å². The summed E-state index contributed by atoms with van der Waals surface area (Å²) < 4.78 is 0. The molecule has 1 aromatic rings. The second-order valence-corrected chi connectivity index (χ2v) is 6.98. The summed E-state index contributed by atoms with van der Waals surface area (Å²) in [6.07, 6.45) is 0.245. The van der Waals surface area contributed by atoms with E-state index in [4.69, 9.17) is 0 Å². The number of hydrogen-bond donors (Lipinski definition) is 1. The number of carbonyl (C=O) groups is 4. The number of benzene rings is 1. The van der Waals surface area contributed by atoms with E-state index in [0.29, 0.717) is 18.8 Å². The van der Waals surface area contributed by atoms with Gasteiger partial charge in [0.2, 0.25) is 17.7 Å². The van der Waals surface area contributed by atoms with Gasteiger partial charge in [-0.15, -0.1) is 0 Å². The van der Waals surface area contributed by atoms with Crippen LogP contribution < -0.4 is 5.32 Å². The van der Waals surface area contributed by atoms with E-state index in [9.17, 15) is 19.2 Å². The third-order valence-electron chi connectivity index (χ3n) is 4.37. The highest BCUT2D eigenvalue weighted by Gasteiger charge is 2.33. The van der Waals surface area contributed by atoms with Gasteiger partial charge in [0, 0.05) is 25.2 Å². The minimum atomic E-state index is -0.330. The number of nitrogens with zero attached hydrogens (tertiary/aromatic N) is 2. The molecular formula is C17H19N3O4S. The summed E-state index contributed by atoms with van der Waals surface area (Å²) in [5.74, 6) is -0.473. The number of likely N-dealkylation sites (tertiary alicyclic amines) is 1. The van der Waals surface area contributed by atoms with E-state index in [-0.39, 0.29) is 47.6 Å². The Hall–Kier alpha value is -2.35. The van der Waals surface area contributed by atoms with E-state index in [2.05, 4.69) is 5.32 Å². The van der Waals surface area contributed by atoms with Crippen molar-refractivity contribution in [3.8, 4) is 0 Å². The van der Waals surface area contributed by atoms with Gasteiger partial charge in [-0.25, -0.2) is 0 Å². The summed E-state index contributed by atoms with van der Waals surface area (Å²) in [6.45, 7) is 3.20. The molecule has 1 aromatic carbocycles. The van der Waals surface area contributed by atoms with Crippen LogP contribution in [0.5, 0.6) is 0 Å². The van der Waals surface area contributed by atoms with Gasteiger partial charge in [-0.1, -0.05) is 23.9 Å². The molecule has 1 N–H and O–H groups in total. The number of amides is 4. The van der Waals surface area contributed by atoms with Crippen LogP contribution in [0.4, 0.5) is 10.5 Å². The molecule has 1 atom stereocenters. The molecule has 0 aromatic heterocycles. The van der Waals surface area contributed by atoms with Gasteiger partial charge in [-0.3, -0.25) is 24.1 Å². The Morgan fingerprint density at radius 3 is 2.48 bits per heavy atom. The van der Waals surface area contributed by atoms with E-state index in [0.717, 1.165) is 17.3 Å². The summed E-state index contributed by atoms with van der Waals surface area (Å²) in [5, 5.41) is 2.59. The molecule has 4 amide bonds. The molecule has 2 saturated heterocycles. The van der Waals surface area contributed by atoms with E-state index in [1.54, 1.807) is 29.2 Å². The first-order valence-corrected chi connectivity index (χ1v) is 9.11. The maximum atomic E-state index is 12.3. The van der Waals surface area contributed by atoms with Crippen LogP contribution in [0, 0.1) is 5.92 Å². The molecule has 2 heterocycles.